The van der Waals surface area contributed by atoms with E-state index in [1.54, 1.807) is 0 Å². The van der Waals surface area contributed by atoms with Gasteiger partial charge < -0.3 is 56.2 Å². The van der Waals surface area contributed by atoms with Crippen LogP contribution >= 0.6 is 0 Å². The second-order valence-electron chi connectivity index (χ2n) is 13.9. The van der Waals surface area contributed by atoms with Gasteiger partial charge in [-0.3, -0.25) is 4.79 Å². The summed E-state index contributed by atoms with van der Waals surface area (Å²) in [6.45, 7) is 0. The van der Waals surface area contributed by atoms with Crippen molar-refractivity contribution in [3.8, 4) is 28.7 Å². The molecule has 1 aliphatic rings. The highest BCUT2D eigenvalue weighted by molar-refractivity contribution is 6.23. The number of allylic oxidation sites excluding steroid dienone is 4. The van der Waals surface area contributed by atoms with Crippen molar-refractivity contribution in [3.05, 3.63) is 175 Å². The molecule has 0 radical (unpaired) electrons. The molecule has 0 aromatic heterocycles. The number of carboxylic acid groups (broad SMARTS) is 6. The number of hydrogen-bond acceptors (Lipinski definition) is 12. The van der Waals surface area contributed by atoms with Gasteiger partial charge in [0.2, 0.25) is 0 Å². The molecular formula is C45H30O18. The number of carbonyl (C=O) groups excluding carboxylic acids is 1. The maximum atomic E-state index is 12.7. The topological polar surface area (TPSA) is 342 Å². The first-order valence-corrected chi connectivity index (χ1v) is 18.0. The van der Waals surface area contributed by atoms with E-state index in [-0.39, 0.29) is 44.5 Å². The van der Waals surface area contributed by atoms with E-state index in [1.807, 2.05) is 0 Å². The molecule has 18 heteroatoms. The van der Waals surface area contributed by atoms with Gasteiger partial charge >= 0.3 is 35.8 Å². The zero-order chi connectivity index (χ0) is 46.2. The molecular weight excluding hydrogens is 828 g/mol. The zero-order valence-electron chi connectivity index (χ0n) is 31.8. The predicted octanol–water partition coefficient (Wildman–Crippen LogP) is 5.43. The lowest BCUT2D eigenvalue weighted by atomic mass is 9.81. The molecule has 0 spiro atoms. The molecule has 6 rings (SSSR count). The van der Waals surface area contributed by atoms with Gasteiger partial charge in [0, 0.05) is 17.9 Å². The van der Waals surface area contributed by atoms with Crippen molar-refractivity contribution < 1.29 is 89.7 Å². The number of carbonyl (C=O) groups is 7. The lowest BCUT2D eigenvalue weighted by molar-refractivity contribution is -0.134. The second-order valence-corrected chi connectivity index (χ2v) is 13.9. The Balaban J connectivity index is 1.64. The number of aromatic carboxylic acids is 5. The van der Waals surface area contributed by atoms with Crippen LogP contribution in [0.4, 0.5) is 0 Å². The van der Waals surface area contributed by atoms with Gasteiger partial charge in [-0.1, -0.05) is 30.3 Å². The molecule has 63 heavy (non-hydrogen) atoms. The van der Waals surface area contributed by atoms with Crippen LogP contribution < -0.4 is 0 Å². The largest absolute Gasteiger partial charge is 0.507 e. The smallest absolute Gasteiger partial charge is 0.339 e. The third-order valence-electron chi connectivity index (χ3n) is 10.0. The number of carboxylic acids is 6. The molecule has 318 valence electrons. The molecule has 18 nitrogen and oxygen atoms in total. The van der Waals surface area contributed by atoms with Crippen LogP contribution in [-0.2, 0) is 16.0 Å². The Morgan fingerprint density at radius 1 is 0.460 bits per heavy atom. The Bertz CT molecular complexity index is 2900. The van der Waals surface area contributed by atoms with E-state index >= 15 is 0 Å². The minimum Gasteiger partial charge on any atom is -0.507 e. The standard InChI is InChI=1S/C45H30O18/c46-32-5-1-19(13-25(32)40(52)53)36(20-2-6-33(47)26(14-20)41(54)55)23-12-24(38(50)31(17-23)45(62)63)9-18-10-29(39(51)30(11-18)44(60)61)37(21-3-7-34(48)27(15-21)42(56)57)22-4-8-35(49)28(16-22)43(58)59/h1-8,10-17,36,46-48,50-51H,9H2,(H,52,53)(H,54,55)(H,56,57)(H,58,59)(H,60,61)(H,62,63)/b37-22-. The molecule has 5 aromatic carbocycles. The fourth-order valence-electron chi connectivity index (χ4n) is 7.13. The van der Waals surface area contributed by atoms with Gasteiger partial charge in [0.15, 0.2) is 5.78 Å². The van der Waals surface area contributed by atoms with Crippen molar-refractivity contribution in [3.63, 3.8) is 0 Å². The SMILES string of the molecule is O=C(O)C1=C/C(=C(/c2ccc(O)c(C(=O)O)c2)c2cc(Cc3cc(C(c4ccc(O)c(C(=O)O)c4)c4ccc(O)c(C(=O)O)c4)cc(C(=O)O)c3O)cc(C(=O)O)c2O)C=CC1=O. The molecule has 0 amide bonds. The van der Waals surface area contributed by atoms with Crippen molar-refractivity contribution in [1.82, 2.24) is 0 Å². The Morgan fingerprint density at radius 2 is 0.921 bits per heavy atom. The minimum atomic E-state index is -1.72. The van der Waals surface area contributed by atoms with Gasteiger partial charge in [0.25, 0.3) is 0 Å². The zero-order valence-corrected chi connectivity index (χ0v) is 31.8. The van der Waals surface area contributed by atoms with Crippen LogP contribution in [0, 0.1) is 0 Å². The number of aliphatic carboxylic acids is 1. The average Bonchev–Trinajstić information content (AvgIpc) is 3.21. The number of rotatable bonds is 13. The monoisotopic (exact) mass is 858 g/mol. The first kappa shape index (κ1) is 43.4. The summed E-state index contributed by atoms with van der Waals surface area (Å²) < 4.78 is 0. The maximum Gasteiger partial charge on any atom is 0.339 e. The average molecular weight is 859 g/mol. The normalized spacial score (nSPS) is 13.0. The number of phenols is 5. The summed E-state index contributed by atoms with van der Waals surface area (Å²) in [6.07, 6.45) is 2.32. The highest BCUT2D eigenvalue weighted by atomic mass is 16.4. The molecule has 0 atom stereocenters. The molecule has 1 aliphatic carbocycles. The van der Waals surface area contributed by atoms with Crippen LogP contribution in [0.3, 0.4) is 0 Å². The second kappa shape index (κ2) is 16.8. The van der Waals surface area contributed by atoms with E-state index in [1.165, 1.54) is 24.3 Å². The Hall–Kier alpha value is -9.19. The highest BCUT2D eigenvalue weighted by Gasteiger charge is 2.29. The number of aromatic hydroxyl groups is 5. The summed E-state index contributed by atoms with van der Waals surface area (Å²) in [6, 6.07) is 14.1. The van der Waals surface area contributed by atoms with E-state index in [0.29, 0.717) is 0 Å². The molecule has 11 N–H and O–H groups in total. The van der Waals surface area contributed by atoms with Crippen LogP contribution in [-0.4, -0.2) is 97.8 Å². The van der Waals surface area contributed by atoms with Crippen molar-refractivity contribution in [2.75, 3.05) is 0 Å². The highest BCUT2D eigenvalue weighted by Crippen LogP contribution is 2.42. The van der Waals surface area contributed by atoms with Gasteiger partial charge in [-0.05, 0) is 111 Å². The van der Waals surface area contributed by atoms with Crippen molar-refractivity contribution in [2.24, 2.45) is 0 Å². The van der Waals surface area contributed by atoms with Crippen LogP contribution in [0.25, 0.3) is 5.57 Å². The van der Waals surface area contributed by atoms with Crippen molar-refractivity contribution >= 4 is 47.2 Å². The lowest BCUT2D eigenvalue weighted by Crippen LogP contribution is -2.13. The molecule has 0 bridgehead atoms. The van der Waals surface area contributed by atoms with E-state index in [9.17, 15) is 89.7 Å². The lowest BCUT2D eigenvalue weighted by Gasteiger charge is -2.23. The van der Waals surface area contributed by atoms with Crippen LogP contribution in [0.15, 0.2) is 108 Å². The minimum absolute atomic E-state index is 0.0295. The van der Waals surface area contributed by atoms with Crippen molar-refractivity contribution in [2.45, 2.75) is 12.3 Å². The van der Waals surface area contributed by atoms with E-state index in [4.69, 9.17) is 0 Å². The summed E-state index contributed by atoms with van der Waals surface area (Å²) in [5, 5.41) is 113. The molecule has 0 aliphatic heterocycles. The van der Waals surface area contributed by atoms with Gasteiger partial charge in [0.1, 0.15) is 62.1 Å². The summed E-state index contributed by atoms with van der Waals surface area (Å²) >= 11 is 0. The van der Waals surface area contributed by atoms with E-state index < -0.39 is 122 Å². The van der Waals surface area contributed by atoms with Crippen molar-refractivity contribution in [1.29, 1.82) is 0 Å². The van der Waals surface area contributed by atoms with Crippen LogP contribution in [0.1, 0.15) is 96.7 Å². The first-order chi connectivity index (χ1) is 29.7. The molecule has 0 fully saturated rings. The Morgan fingerprint density at radius 3 is 1.43 bits per heavy atom. The van der Waals surface area contributed by atoms with E-state index in [2.05, 4.69) is 0 Å². The first-order valence-electron chi connectivity index (χ1n) is 18.0. The fourth-order valence-corrected chi connectivity index (χ4v) is 7.13. The van der Waals surface area contributed by atoms with Crippen LogP contribution in [0.5, 0.6) is 28.7 Å². The number of ketones is 1. The molecule has 0 heterocycles. The molecule has 0 unspecified atom stereocenters. The molecule has 0 saturated carbocycles. The Kier molecular flexibility index (Phi) is 11.6. The summed E-state index contributed by atoms with van der Waals surface area (Å²) in [5.41, 5.74) is -5.30. The van der Waals surface area contributed by atoms with Gasteiger partial charge in [-0.2, -0.15) is 0 Å². The molecule has 0 saturated heterocycles. The van der Waals surface area contributed by atoms with Gasteiger partial charge in [0.05, 0.1) is 0 Å². The third-order valence-corrected chi connectivity index (χ3v) is 10.0. The summed E-state index contributed by atoms with van der Waals surface area (Å²) in [4.78, 5) is 86.0. The Labute approximate surface area is 352 Å². The fraction of sp³-hybridized carbons (Fsp3) is 0.0444. The predicted molar refractivity (Wildman–Crippen MR) is 215 cm³/mol. The molecule has 5 aromatic rings. The van der Waals surface area contributed by atoms with Gasteiger partial charge in [-0.15, -0.1) is 0 Å². The third kappa shape index (κ3) is 8.48. The van der Waals surface area contributed by atoms with Gasteiger partial charge in [-0.25, -0.2) is 28.8 Å². The van der Waals surface area contributed by atoms with Crippen LogP contribution in [0.2, 0.25) is 0 Å². The number of hydrogen-bond donors (Lipinski definition) is 11. The summed E-state index contributed by atoms with van der Waals surface area (Å²) in [7, 11) is 0. The quantitative estimate of drug-likeness (QED) is 0.0519. The number of benzene rings is 5. The summed E-state index contributed by atoms with van der Waals surface area (Å²) in [5.74, 6) is -15.8. The maximum absolute atomic E-state index is 12.7. The van der Waals surface area contributed by atoms with E-state index in [0.717, 1.165) is 72.8 Å².